The fourth-order valence-electron chi connectivity index (χ4n) is 1.43. The third-order valence-electron chi connectivity index (χ3n) is 2.15. The largest absolute Gasteiger partial charge is 0.310 e. The highest BCUT2D eigenvalue weighted by molar-refractivity contribution is 9.10. The first-order chi connectivity index (χ1) is 8.09. The van der Waals surface area contributed by atoms with Crippen molar-refractivity contribution in [2.24, 2.45) is 0 Å². The van der Waals surface area contributed by atoms with Crippen LogP contribution >= 0.6 is 15.9 Å². The van der Waals surface area contributed by atoms with Crippen molar-refractivity contribution in [2.45, 2.75) is 6.92 Å². The number of rotatable bonds is 2. The lowest BCUT2D eigenvalue weighted by Crippen LogP contribution is -2.14. The van der Waals surface area contributed by atoms with Gasteiger partial charge >= 0.3 is 0 Å². The van der Waals surface area contributed by atoms with Crippen LogP contribution in [0.1, 0.15) is 6.92 Å². The van der Waals surface area contributed by atoms with Crippen LogP contribution in [0.2, 0.25) is 0 Å². The molecule has 5 nitrogen and oxygen atoms in total. The third-order valence-corrected chi connectivity index (χ3v) is 2.89. The van der Waals surface area contributed by atoms with Crippen LogP contribution in [0, 0.1) is 0 Å². The Kier molecular flexibility index (Phi) is 3.14. The normalized spacial score (nSPS) is 10.2. The van der Waals surface area contributed by atoms with Crippen LogP contribution in [0.25, 0.3) is 5.69 Å². The topological polar surface area (TPSA) is 66.9 Å². The van der Waals surface area contributed by atoms with Gasteiger partial charge in [0.15, 0.2) is 0 Å². The number of benzene rings is 1. The summed E-state index contributed by atoms with van der Waals surface area (Å²) in [6.45, 7) is 1.38. The van der Waals surface area contributed by atoms with Crippen LogP contribution in [0.15, 0.2) is 39.6 Å². The number of anilines is 1. The predicted octanol–water partition coefficient (Wildman–Crippen LogP) is 1.89. The molecule has 6 heteroatoms. The zero-order chi connectivity index (χ0) is 12.4. The molecule has 0 fully saturated rings. The average Bonchev–Trinajstić information content (AvgIpc) is 2.58. The van der Waals surface area contributed by atoms with Crippen LogP contribution < -0.4 is 10.9 Å². The minimum absolute atomic E-state index is 0.243. The fraction of sp³-hybridized carbons (Fsp3) is 0.0909. The van der Waals surface area contributed by atoms with Crippen molar-refractivity contribution in [2.75, 3.05) is 5.32 Å². The lowest BCUT2D eigenvalue weighted by atomic mass is 10.3. The number of amides is 1. The number of para-hydroxylation sites is 1. The maximum atomic E-state index is 11.9. The van der Waals surface area contributed by atoms with E-state index in [1.54, 1.807) is 12.1 Å². The van der Waals surface area contributed by atoms with Gasteiger partial charge in [-0.1, -0.05) is 18.2 Å². The second kappa shape index (κ2) is 4.58. The number of carbonyl (C=O) groups excluding carboxylic acids is 1. The highest BCUT2D eigenvalue weighted by Crippen LogP contribution is 2.17. The van der Waals surface area contributed by atoms with Gasteiger partial charge in [-0.25, -0.2) is 4.68 Å². The standard InChI is InChI=1S/C11H10BrN3O2/c1-7(16)13-10-9(12)11(17)15(14-10)8-5-3-2-4-6-8/h2-6,14H,1H3,(H,13,16). The number of hydrogen-bond acceptors (Lipinski definition) is 2. The summed E-state index contributed by atoms with van der Waals surface area (Å²) in [7, 11) is 0. The van der Waals surface area contributed by atoms with Crippen LogP contribution in [-0.4, -0.2) is 15.7 Å². The minimum atomic E-state index is -0.250. The van der Waals surface area contributed by atoms with E-state index < -0.39 is 0 Å². The molecule has 0 spiro atoms. The van der Waals surface area contributed by atoms with E-state index in [-0.39, 0.29) is 11.5 Å². The van der Waals surface area contributed by atoms with Crippen LogP contribution in [0.3, 0.4) is 0 Å². The number of hydrogen-bond donors (Lipinski definition) is 2. The maximum absolute atomic E-state index is 11.9. The third kappa shape index (κ3) is 2.31. The van der Waals surface area contributed by atoms with Gasteiger partial charge in [0.05, 0.1) is 5.69 Å². The summed E-state index contributed by atoms with van der Waals surface area (Å²) in [6.07, 6.45) is 0. The quantitative estimate of drug-likeness (QED) is 0.888. The molecule has 0 aliphatic heterocycles. The molecule has 1 amide bonds. The Hall–Kier alpha value is -1.82. The van der Waals surface area contributed by atoms with Crippen molar-refractivity contribution in [1.82, 2.24) is 9.78 Å². The van der Waals surface area contributed by atoms with E-state index >= 15 is 0 Å². The van der Waals surface area contributed by atoms with Crippen molar-refractivity contribution >= 4 is 27.7 Å². The van der Waals surface area contributed by atoms with Crippen molar-refractivity contribution in [3.8, 4) is 5.69 Å². The SMILES string of the molecule is CC(=O)Nc1[nH]n(-c2ccccc2)c(=O)c1Br. The van der Waals surface area contributed by atoms with Crippen molar-refractivity contribution in [1.29, 1.82) is 0 Å². The van der Waals surface area contributed by atoms with Gasteiger partial charge in [0.2, 0.25) is 5.91 Å². The van der Waals surface area contributed by atoms with E-state index in [1.807, 2.05) is 18.2 Å². The smallest absolute Gasteiger partial charge is 0.287 e. The van der Waals surface area contributed by atoms with Gasteiger partial charge in [-0.15, -0.1) is 0 Å². The van der Waals surface area contributed by atoms with Crippen molar-refractivity contribution in [3.05, 3.63) is 45.2 Å². The summed E-state index contributed by atoms with van der Waals surface area (Å²) < 4.78 is 1.66. The lowest BCUT2D eigenvalue weighted by molar-refractivity contribution is -0.114. The second-order valence-corrected chi connectivity index (χ2v) is 4.25. The Bertz CT molecular complexity index is 601. The lowest BCUT2D eigenvalue weighted by Gasteiger charge is -2.01. The van der Waals surface area contributed by atoms with Gasteiger partial charge < -0.3 is 5.32 Å². The summed E-state index contributed by atoms with van der Waals surface area (Å²) in [4.78, 5) is 22.9. The van der Waals surface area contributed by atoms with Gasteiger partial charge in [0.1, 0.15) is 10.3 Å². The Labute approximate surface area is 106 Å². The van der Waals surface area contributed by atoms with E-state index in [0.717, 1.165) is 0 Å². The van der Waals surface area contributed by atoms with Crippen LogP contribution in [0.4, 0.5) is 5.82 Å². The highest BCUT2D eigenvalue weighted by Gasteiger charge is 2.13. The number of halogens is 1. The summed E-state index contributed by atoms with van der Waals surface area (Å²) in [5.74, 6) is 0.110. The molecular formula is C11H10BrN3O2. The Morgan fingerprint density at radius 2 is 2.00 bits per heavy atom. The maximum Gasteiger partial charge on any atom is 0.287 e. The van der Waals surface area contributed by atoms with Crippen molar-refractivity contribution < 1.29 is 4.79 Å². The molecule has 0 saturated heterocycles. The number of carbonyl (C=O) groups is 1. The molecule has 0 radical (unpaired) electrons. The average molecular weight is 296 g/mol. The molecule has 2 rings (SSSR count). The molecule has 0 unspecified atom stereocenters. The zero-order valence-electron chi connectivity index (χ0n) is 9.03. The summed E-state index contributed by atoms with van der Waals surface area (Å²) in [5, 5.41) is 5.36. The molecule has 1 aromatic heterocycles. The molecule has 0 saturated carbocycles. The number of aromatic amines is 1. The molecule has 0 atom stereocenters. The van der Waals surface area contributed by atoms with E-state index in [0.29, 0.717) is 16.0 Å². The second-order valence-electron chi connectivity index (χ2n) is 3.46. The molecule has 1 aromatic carbocycles. The van der Waals surface area contributed by atoms with Gasteiger partial charge in [-0.2, -0.15) is 0 Å². The first-order valence-electron chi connectivity index (χ1n) is 4.93. The monoisotopic (exact) mass is 295 g/mol. The van der Waals surface area contributed by atoms with E-state index in [2.05, 4.69) is 26.3 Å². The molecule has 2 aromatic rings. The number of nitrogens with one attached hydrogen (secondary N) is 2. The molecule has 2 N–H and O–H groups in total. The first-order valence-corrected chi connectivity index (χ1v) is 5.72. The molecular weight excluding hydrogens is 286 g/mol. The Balaban J connectivity index is 2.51. The molecule has 88 valence electrons. The van der Waals surface area contributed by atoms with Crippen LogP contribution in [-0.2, 0) is 4.79 Å². The number of aromatic nitrogens is 2. The summed E-state index contributed by atoms with van der Waals surface area (Å²) >= 11 is 3.15. The summed E-state index contributed by atoms with van der Waals surface area (Å²) in [5.41, 5.74) is 0.453. The molecule has 1 heterocycles. The Morgan fingerprint density at radius 1 is 1.35 bits per heavy atom. The number of nitrogens with zero attached hydrogens (tertiary/aromatic N) is 1. The predicted molar refractivity (Wildman–Crippen MR) is 68.4 cm³/mol. The fourth-order valence-corrected chi connectivity index (χ4v) is 1.80. The van der Waals surface area contributed by atoms with Crippen LogP contribution in [0.5, 0.6) is 0 Å². The Morgan fingerprint density at radius 3 is 2.59 bits per heavy atom. The zero-order valence-corrected chi connectivity index (χ0v) is 10.6. The number of H-pyrrole nitrogens is 1. The van der Waals surface area contributed by atoms with Gasteiger partial charge in [0.25, 0.3) is 5.56 Å². The first kappa shape index (κ1) is 11.7. The van der Waals surface area contributed by atoms with Gasteiger partial charge in [-0.05, 0) is 28.1 Å². The van der Waals surface area contributed by atoms with E-state index in [9.17, 15) is 9.59 Å². The molecule has 0 bridgehead atoms. The van der Waals surface area contributed by atoms with E-state index in [4.69, 9.17) is 0 Å². The minimum Gasteiger partial charge on any atom is -0.310 e. The summed E-state index contributed by atoms with van der Waals surface area (Å²) in [6, 6.07) is 9.11. The molecule has 17 heavy (non-hydrogen) atoms. The van der Waals surface area contributed by atoms with Crippen molar-refractivity contribution in [3.63, 3.8) is 0 Å². The van der Waals surface area contributed by atoms with E-state index in [1.165, 1.54) is 11.6 Å². The molecule has 0 aliphatic rings. The van der Waals surface area contributed by atoms with Gasteiger partial charge in [0, 0.05) is 6.92 Å². The molecule has 0 aliphatic carbocycles. The van der Waals surface area contributed by atoms with Gasteiger partial charge in [-0.3, -0.25) is 14.7 Å². The highest BCUT2D eigenvalue weighted by atomic mass is 79.9.